The van der Waals surface area contributed by atoms with Gasteiger partial charge in [0.1, 0.15) is 11.6 Å². The Morgan fingerprint density at radius 3 is 2.59 bits per heavy atom. The van der Waals surface area contributed by atoms with E-state index in [1.165, 1.54) is 0 Å². The van der Waals surface area contributed by atoms with Crippen molar-refractivity contribution in [3.63, 3.8) is 0 Å². The predicted molar refractivity (Wildman–Crippen MR) is 108 cm³/mol. The van der Waals surface area contributed by atoms with Gasteiger partial charge in [0, 0.05) is 25.0 Å². The highest BCUT2D eigenvalue weighted by Gasteiger charge is 2.49. The summed E-state index contributed by atoms with van der Waals surface area (Å²) in [5, 5.41) is 9.71. The summed E-state index contributed by atoms with van der Waals surface area (Å²) in [5.41, 5.74) is 1.61. The zero-order valence-corrected chi connectivity index (χ0v) is 16.5. The highest BCUT2D eigenvalue weighted by Crippen LogP contribution is 2.41. The van der Waals surface area contributed by atoms with Crippen LogP contribution in [0.4, 0.5) is 6.01 Å². The molecule has 1 aliphatic carbocycles. The van der Waals surface area contributed by atoms with Gasteiger partial charge in [-0.25, -0.2) is 4.79 Å². The number of carboxylic acids is 1. The van der Waals surface area contributed by atoms with E-state index in [1.807, 2.05) is 24.3 Å². The molecule has 1 aromatic carbocycles. The topological polar surface area (TPSA) is 86.9 Å². The third kappa shape index (κ3) is 3.26. The van der Waals surface area contributed by atoms with Gasteiger partial charge >= 0.3 is 5.97 Å². The van der Waals surface area contributed by atoms with Crippen LogP contribution in [0.1, 0.15) is 44.9 Å². The van der Waals surface area contributed by atoms with Crippen molar-refractivity contribution >= 4 is 29.0 Å². The maximum Gasteiger partial charge on any atom is 0.326 e. The molecule has 2 aliphatic heterocycles. The van der Waals surface area contributed by atoms with Gasteiger partial charge in [0.05, 0.1) is 0 Å². The fourth-order valence-electron chi connectivity index (χ4n) is 5.52. The lowest BCUT2D eigenvalue weighted by molar-refractivity contribution is -0.152. The number of para-hydroxylation sites is 2. The molecule has 0 bridgehead atoms. The molecule has 5 rings (SSSR count). The summed E-state index contributed by atoms with van der Waals surface area (Å²) in [6.45, 7) is 1.39. The molecule has 29 heavy (non-hydrogen) atoms. The molecule has 3 heterocycles. The quantitative estimate of drug-likeness (QED) is 0.855. The van der Waals surface area contributed by atoms with E-state index >= 15 is 0 Å². The second-order valence-electron chi connectivity index (χ2n) is 8.67. The van der Waals surface area contributed by atoms with Crippen LogP contribution in [-0.2, 0) is 9.59 Å². The fraction of sp³-hybridized carbons (Fsp3) is 0.591. The molecule has 3 fully saturated rings. The first-order valence-electron chi connectivity index (χ1n) is 10.8. The van der Waals surface area contributed by atoms with Crippen molar-refractivity contribution in [2.45, 2.75) is 57.0 Å². The van der Waals surface area contributed by atoms with Crippen LogP contribution in [-0.4, -0.2) is 52.0 Å². The number of piperidine rings is 1. The summed E-state index contributed by atoms with van der Waals surface area (Å²) in [7, 11) is 0. The lowest BCUT2D eigenvalue weighted by Gasteiger charge is -2.37. The second-order valence-corrected chi connectivity index (χ2v) is 8.67. The number of oxazole rings is 1. The van der Waals surface area contributed by atoms with E-state index in [2.05, 4.69) is 9.88 Å². The number of likely N-dealkylation sites (tertiary alicyclic amines) is 1. The molecule has 1 aromatic heterocycles. The van der Waals surface area contributed by atoms with E-state index < -0.39 is 12.0 Å². The number of carbonyl (C=O) groups excluding carboxylic acids is 1. The van der Waals surface area contributed by atoms with E-state index in [0.717, 1.165) is 36.8 Å². The van der Waals surface area contributed by atoms with Crippen LogP contribution in [0.15, 0.2) is 28.7 Å². The van der Waals surface area contributed by atoms with Crippen LogP contribution >= 0.6 is 0 Å². The smallest absolute Gasteiger partial charge is 0.326 e. The lowest BCUT2D eigenvalue weighted by Crippen LogP contribution is -2.50. The standard InChI is InChI=1S/C22H27N3O4/c26-20(25-17-7-3-1-5-15(17)13-18(25)21(27)28)14-9-11-24(12-10-14)22-23-16-6-2-4-8-19(16)29-22/h2,4,6,8,14-15,17-18H,1,3,5,7,9-13H2,(H,27,28)/t15-,17+,18+/m1/s1. The Morgan fingerprint density at radius 2 is 1.83 bits per heavy atom. The normalized spacial score (nSPS) is 27.9. The zero-order valence-electron chi connectivity index (χ0n) is 16.5. The van der Waals surface area contributed by atoms with Crippen molar-refractivity contribution in [3.05, 3.63) is 24.3 Å². The summed E-state index contributed by atoms with van der Waals surface area (Å²) in [6.07, 6.45) is 6.27. The molecule has 7 nitrogen and oxygen atoms in total. The molecular weight excluding hydrogens is 370 g/mol. The maximum atomic E-state index is 13.4. The minimum Gasteiger partial charge on any atom is -0.480 e. The zero-order chi connectivity index (χ0) is 20.0. The van der Waals surface area contributed by atoms with Crippen molar-refractivity contribution in [3.8, 4) is 0 Å². The first kappa shape index (κ1) is 18.5. The van der Waals surface area contributed by atoms with E-state index in [0.29, 0.717) is 44.3 Å². The Bertz CT molecular complexity index is 885. The van der Waals surface area contributed by atoms with E-state index in [1.54, 1.807) is 4.90 Å². The van der Waals surface area contributed by atoms with E-state index in [4.69, 9.17) is 4.42 Å². The van der Waals surface area contributed by atoms with Crippen molar-refractivity contribution in [2.24, 2.45) is 11.8 Å². The highest BCUT2D eigenvalue weighted by molar-refractivity contribution is 5.86. The van der Waals surface area contributed by atoms with E-state index in [9.17, 15) is 14.7 Å². The van der Waals surface area contributed by atoms with Crippen LogP contribution < -0.4 is 4.90 Å². The van der Waals surface area contributed by atoms with Gasteiger partial charge in [-0.1, -0.05) is 25.0 Å². The molecule has 1 amide bonds. The fourth-order valence-corrected chi connectivity index (χ4v) is 5.52. The second kappa shape index (κ2) is 7.35. The first-order valence-corrected chi connectivity index (χ1v) is 10.8. The average molecular weight is 397 g/mol. The van der Waals surface area contributed by atoms with Gasteiger partial charge in [-0.05, 0) is 50.2 Å². The molecule has 2 saturated heterocycles. The number of rotatable bonds is 3. The molecule has 1 N–H and O–H groups in total. The van der Waals surface area contributed by atoms with Crippen molar-refractivity contribution < 1.29 is 19.1 Å². The number of amides is 1. The van der Waals surface area contributed by atoms with Gasteiger partial charge in [-0.2, -0.15) is 4.98 Å². The summed E-state index contributed by atoms with van der Waals surface area (Å²) in [5.74, 6) is -0.563. The van der Waals surface area contributed by atoms with Gasteiger partial charge in [0.2, 0.25) is 5.91 Å². The van der Waals surface area contributed by atoms with Crippen LogP contribution in [0, 0.1) is 11.8 Å². The molecule has 1 saturated carbocycles. The highest BCUT2D eigenvalue weighted by atomic mass is 16.4. The maximum absolute atomic E-state index is 13.4. The minimum absolute atomic E-state index is 0.0454. The van der Waals surface area contributed by atoms with Crippen LogP contribution in [0.2, 0.25) is 0 Å². The number of carbonyl (C=O) groups is 2. The average Bonchev–Trinajstić information content (AvgIpc) is 3.35. The van der Waals surface area contributed by atoms with Crippen molar-refractivity contribution in [2.75, 3.05) is 18.0 Å². The number of hydrogen-bond acceptors (Lipinski definition) is 5. The number of fused-ring (bicyclic) bond motifs is 2. The third-order valence-corrected chi connectivity index (χ3v) is 7.02. The molecule has 0 unspecified atom stereocenters. The molecule has 0 spiro atoms. The van der Waals surface area contributed by atoms with Crippen LogP contribution in [0.3, 0.4) is 0 Å². The van der Waals surface area contributed by atoms with Gasteiger partial charge < -0.3 is 19.3 Å². The van der Waals surface area contributed by atoms with Crippen molar-refractivity contribution in [1.29, 1.82) is 0 Å². The number of benzene rings is 1. The third-order valence-electron chi connectivity index (χ3n) is 7.02. The Hall–Kier alpha value is -2.57. The number of carboxylic acid groups (broad SMARTS) is 1. The number of aliphatic carboxylic acids is 1. The molecule has 0 radical (unpaired) electrons. The van der Waals surface area contributed by atoms with Gasteiger partial charge in [0.15, 0.2) is 5.58 Å². The Morgan fingerprint density at radius 1 is 1.07 bits per heavy atom. The molecule has 7 heteroatoms. The Labute approximate surface area is 169 Å². The minimum atomic E-state index is -0.850. The van der Waals surface area contributed by atoms with Crippen LogP contribution in [0.25, 0.3) is 11.1 Å². The summed E-state index contributed by atoms with van der Waals surface area (Å²) in [4.78, 5) is 33.6. The molecule has 2 aromatic rings. The van der Waals surface area contributed by atoms with Gasteiger partial charge in [-0.3, -0.25) is 4.79 Å². The van der Waals surface area contributed by atoms with Gasteiger partial charge in [-0.15, -0.1) is 0 Å². The summed E-state index contributed by atoms with van der Waals surface area (Å²) < 4.78 is 5.86. The molecular formula is C22H27N3O4. The SMILES string of the molecule is O=C(O)[C@@H]1C[C@H]2CCCC[C@@H]2N1C(=O)C1CCN(c2nc3ccccc3o2)CC1. The van der Waals surface area contributed by atoms with Crippen LogP contribution in [0.5, 0.6) is 0 Å². The summed E-state index contributed by atoms with van der Waals surface area (Å²) in [6, 6.07) is 7.77. The number of aromatic nitrogens is 1. The Kier molecular flexibility index (Phi) is 4.68. The monoisotopic (exact) mass is 397 g/mol. The molecule has 3 atom stereocenters. The first-order chi connectivity index (χ1) is 14.1. The largest absolute Gasteiger partial charge is 0.480 e. The van der Waals surface area contributed by atoms with E-state index in [-0.39, 0.29) is 17.9 Å². The lowest BCUT2D eigenvalue weighted by atomic mass is 9.84. The van der Waals surface area contributed by atoms with Crippen molar-refractivity contribution in [1.82, 2.24) is 9.88 Å². The molecule has 154 valence electrons. The number of nitrogens with zero attached hydrogens (tertiary/aromatic N) is 3. The van der Waals surface area contributed by atoms with Gasteiger partial charge in [0.25, 0.3) is 6.01 Å². The number of anilines is 1. The molecule has 3 aliphatic rings. The predicted octanol–water partition coefficient (Wildman–Crippen LogP) is 3.29. The summed E-state index contributed by atoms with van der Waals surface area (Å²) >= 11 is 0. The Balaban J connectivity index is 1.28. The number of hydrogen-bond donors (Lipinski definition) is 1.